The minimum Gasteiger partial charge on any atom is -0.393 e. The zero-order chi connectivity index (χ0) is 25.6. The Bertz CT molecular complexity index is 1260. The molecule has 3 atom stereocenters. The van der Waals surface area contributed by atoms with Gasteiger partial charge in [-0.3, -0.25) is 4.79 Å². The first-order valence-electron chi connectivity index (χ1n) is 12.4. The van der Waals surface area contributed by atoms with Crippen molar-refractivity contribution in [2.75, 3.05) is 18.5 Å². The maximum atomic E-state index is 12.9. The van der Waals surface area contributed by atoms with E-state index in [2.05, 4.69) is 41.3 Å². The number of hydrogen-bond acceptors (Lipinski definition) is 6. The number of allylic oxidation sites excluding steroid dienone is 2. The molecule has 3 heterocycles. The van der Waals surface area contributed by atoms with Gasteiger partial charge in [-0.25, -0.2) is 4.98 Å². The fourth-order valence-electron chi connectivity index (χ4n) is 5.63. The number of nitriles is 1. The molecule has 1 aromatic heterocycles. The van der Waals surface area contributed by atoms with Crippen LogP contribution in [-0.2, 0) is 4.74 Å². The van der Waals surface area contributed by atoms with E-state index in [1.807, 2.05) is 30.4 Å². The summed E-state index contributed by atoms with van der Waals surface area (Å²) in [6.45, 7) is 4.24. The van der Waals surface area contributed by atoms with Gasteiger partial charge >= 0.3 is 0 Å². The summed E-state index contributed by atoms with van der Waals surface area (Å²) in [7, 11) is 0. The summed E-state index contributed by atoms with van der Waals surface area (Å²) in [6.07, 6.45) is 11.6. The number of aromatic amines is 1. The molecule has 0 radical (unpaired) electrons. The van der Waals surface area contributed by atoms with Crippen LogP contribution in [0.3, 0.4) is 0 Å². The van der Waals surface area contributed by atoms with Gasteiger partial charge in [0, 0.05) is 17.4 Å². The van der Waals surface area contributed by atoms with E-state index in [9.17, 15) is 15.0 Å². The van der Waals surface area contributed by atoms with Gasteiger partial charge in [0.2, 0.25) is 0 Å². The number of aromatic nitrogens is 2. The number of aliphatic hydroxyl groups is 2. The first kappa shape index (κ1) is 24.4. The molecule has 2 bridgehead atoms. The molecule has 36 heavy (non-hydrogen) atoms. The summed E-state index contributed by atoms with van der Waals surface area (Å²) in [6, 6.07) is 7.98. The van der Waals surface area contributed by atoms with E-state index in [0.717, 1.165) is 30.4 Å². The number of carbonyl (C=O) groups excluding carboxylic acids is 1. The third-order valence-corrected chi connectivity index (χ3v) is 7.81. The maximum absolute atomic E-state index is 12.9. The second-order valence-corrected chi connectivity index (χ2v) is 11.1. The second-order valence-electron chi connectivity index (χ2n) is 11.1. The van der Waals surface area contributed by atoms with Crippen LogP contribution in [0.15, 0.2) is 42.6 Å². The average molecular weight is 489 g/mol. The molecule has 0 spiro atoms. The highest BCUT2D eigenvalue weighted by molar-refractivity contribution is 6.03. The van der Waals surface area contributed by atoms with Crippen molar-refractivity contribution in [1.29, 1.82) is 5.26 Å². The smallest absolute Gasteiger partial charge is 0.291 e. The monoisotopic (exact) mass is 488 g/mol. The molecule has 8 nitrogen and oxygen atoms in total. The van der Waals surface area contributed by atoms with Gasteiger partial charge in [-0.2, -0.15) is 5.26 Å². The Hall–Kier alpha value is -3.25. The SMILES string of the molecule is CC1(C)CC=C(c2cc([C@@H]3C[C@@]4(CO)C=C[C@@](CO)(C3)O4)ccc2NC(=O)c2nc(C#N)c[nH]2)CC1. The zero-order valence-electron chi connectivity index (χ0n) is 20.7. The van der Waals surface area contributed by atoms with Crippen molar-refractivity contribution in [3.63, 3.8) is 0 Å². The highest BCUT2D eigenvalue weighted by atomic mass is 16.5. The van der Waals surface area contributed by atoms with Crippen LogP contribution >= 0.6 is 0 Å². The Labute approximate surface area is 210 Å². The zero-order valence-corrected chi connectivity index (χ0v) is 20.7. The van der Waals surface area contributed by atoms with Crippen LogP contribution in [0, 0.1) is 16.7 Å². The molecular weight excluding hydrogens is 456 g/mol. The van der Waals surface area contributed by atoms with Crippen LogP contribution in [0.25, 0.3) is 5.57 Å². The number of hydrogen-bond donors (Lipinski definition) is 4. The summed E-state index contributed by atoms with van der Waals surface area (Å²) in [5, 5.41) is 32.2. The van der Waals surface area contributed by atoms with Crippen LogP contribution in [0.1, 0.15) is 79.3 Å². The lowest BCUT2D eigenvalue weighted by atomic mass is 9.75. The molecule has 1 aromatic carbocycles. The minimum absolute atomic E-state index is 0.0699. The van der Waals surface area contributed by atoms with E-state index < -0.39 is 17.1 Å². The van der Waals surface area contributed by atoms with Crippen molar-refractivity contribution in [3.8, 4) is 6.07 Å². The van der Waals surface area contributed by atoms with E-state index in [-0.39, 0.29) is 36.1 Å². The van der Waals surface area contributed by atoms with Crippen molar-refractivity contribution >= 4 is 17.2 Å². The molecular formula is C28H32N4O4. The van der Waals surface area contributed by atoms with Crippen molar-refractivity contribution < 1.29 is 19.7 Å². The molecule has 5 rings (SSSR count). The van der Waals surface area contributed by atoms with E-state index in [4.69, 9.17) is 10.00 Å². The number of H-pyrrole nitrogens is 1. The van der Waals surface area contributed by atoms with Crippen LogP contribution in [0.4, 0.5) is 5.69 Å². The van der Waals surface area contributed by atoms with Crippen LogP contribution < -0.4 is 5.32 Å². The Morgan fingerprint density at radius 3 is 2.56 bits per heavy atom. The van der Waals surface area contributed by atoms with Gasteiger partial charge in [-0.05, 0) is 66.7 Å². The average Bonchev–Trinajstić information content (AvgIpc) is 3.47. The lowest BCUT2D eigenvalue weighted by Crippen LogP contribution is -2.48. The topological polar surface area (TPSA) is 131 Å². The summed E-state index contributed by atoms with van der Waals surface area (Å²) >= 11 is 0. The summed E-state index contributed by atoms with van der Waals surface area (Å²) in [5.41, 5.74) is 2.74. The van der Waals surface area contributed by atoms with E-state index >= 15 is 0 Å². The van der Waals surface area contributed by atoms with Gasteiger partial charge in [0.05, 0.1) is 13.2 Å². The van der Waals surface area contributed by atoms with Crippen LogP contribution in [-0.4, -0.2) is 50.5 Å². The molecule has 0 unspecified atom stereocenters. The third-order valence-electron chi connectivity index (χ3n) is 7.81. The number of nitrogens with zero attached hydrogens (tertiary/aromatic N) is 2. The Balaban J connectivity index is 1.49. The van der Waals surface area contributed by atoms with Gasteiger partial charge < -0.3 is 25.3 Å². The van der Waals surface area contributed by atoms with Crippen molar-refractivity contribution in [1.82, 2.24) is 9.97 Å². The largest absolute Gasteiger partial charge is 0.393 e. The molecule has 8 heteroatoms. The Morgan fingerprint density at radius 2 is 1.97 bits per heavy atom. The lowest BCUT2D eigenvalue weighted by molar-refractivity contribution is -0.163. The normalized spacial score (nSPS) is 28.4. The second kappa shape index (κ2) is 9.00. The van der Waals surface area contributed by atoms with Crippen molar-refractivity contribution in [2.45, 2.75) is 63.1 Å². The number of aliphatic hydroxyl groups excluding tert-OH is 2. The first-order valence-corrected chi connectivity index (χ1v) is 12.4. The van der Waals surface area contributed by atoms with Gasteiger partial charge in [0.1, 0.15) is 17.3 Å². The number of ether oxygens (including phenoxy) is 1. The van der Waals surface area contributed by atoms with Crippen molar-refractivity contribution in [3.05, 3.63) is 65.3 Å². The van der Waals surface area contributed by atoms with Crippen LogP contribution in [0.5, 0.6) is 0 Å². The molecule has 1 fully saturated rings. The minimum atomic E-state index is -0.787. The Morgan fingerprint density at radius 1 is 1.25 bits per heavy atom. The van der Waals surface area contributed by atoms with Gasteiger partial charge in [0.15, 0.2) is 11.5 Å². The molecule has 3 aliphatic rings. The number of carbonyl (C=O) groups is 1. The summed E-state index contributed by atoms with van der Waals surface area (Å²) < 4.78 is 6.12. The highest BCUT2D eigenvalue weighted by Crippen LogP contribution is 2.50. The molecule has 1 amide bonds. The van der Waals surface area contributed by atoms with Gasteiger partial charge in [-0.1, -0.05) is 38.1 Å². The standard InChI is InChI=1S/C28H32N4O4/c1-26(2)7-5-18(6-8-26)22-11-19(20-12-27(16-33)9-10-28(13-20,17-34)36-27)3-4-23(22)32-25(35)24-30-15-21(14-29)31-24/h3-5,9-11,15,20,33-34H,6-8,12-13,16-17H2,1-2H3,(H,30,31)(H,32,35)/t20-,27-,28+. The highest BCUT2D eigenvalue weighted by Gasteiger charge is 2.51. The fraction of sp³-hybridized carbons (Fsp3) is 0.464. The number of fused-ring (bicyclic) bond motifs is 2. The number of benzene rings is 1. The summed E-state index contributed by atoms with van der Waals surface area (Å²) in [5.74, 6) is -0.253. The molecule has 4 N–H and O–H groups in total. The molecule has 188 valence electrons. The quantitative estimate of drug-likeness (QED) is 0.454. The van der Waals surface area contributed by atoms with E-state index in [0.29, 0.717) is 18.5 Å². The lowest BCUT2D eigenvalue weighted by Gasteiger charge is -2.43. The maximum Gasteiger partial charge on any atom is 0.291 e. The molecule has 0 saturated carbocycles. The number of nitrogens with one attached hydrogen (secondary N) is 2. The molecule has 1 aliphatic carbocycles. The predicted molar refractivity (Wildman–Crippen MR) is 135 cm³/mol. The first-order chi connectivity index (χ1) is 17.2. The fourth-order valence-corrected chi connectivity index (χ4v) is 5.63. The van der Waals surface area contributed by atoms with Crippen molar-refractivity contribution in [2.24, 2.45) is 5.41 Å². The third kappa shape index (κ3) is 4.50. The number of amides is 1. The van der Waals surface area contributed by atoms with Crippen LogP contribution in [0.2, 0.25) is 0 Å². The van der Waals surface area contributed by atoms with E-state index in [1.165, 1.54) is 11.8 Å². The Kier molecular flexibility index (Phi) is 6.11. The summed E-state index contributed by atoms with van der Waals surface area (Å²) in [4.78, 5) is 19.7. The number of imidazole rings is 1. The van der Waals surface area contributed by atoms with Gasteiger partial charge in [0.25, 0.3) is 5.91 Å². The molecule has 2 aromatic rings. The number of rotatable bonds is 6. The van der Waals surface area contributed by atoms with E-state index in [1.54, 1.807) is 0 Å². The molecule has 2 aliphatic heterocycles. The molecule has 1 saturated heterocycles. The predicted octanol–water partition coefficient (Wildman–Crippen LogP) is 4.05. The van der Waals surface area contributed by atoms with Gasteiger partial charge in [-0.15, -0.1) is 0 Å². The number of anilines is 1.